The van der Waals surface area contributed by atoms with E-state index in [0.717, 1.165) is 24.8 Å². The molecule has 2 saturated heterocycles. The number of pyridine rings is 1. The van der Waals surface area contributed by atoms with Crippen LogP contribution < -0.4 is 5.32 Å². The summed E-state index contributed by atoms with van der Waals surface area (Å²) in [6, 6.07) is 3.75. The number of ether oxygens (including phenoxy) is 1. The van der Waals surface area contributed by atoms with Gasteiger partial charge in [0.25, 0.3) is 0 Å². The van der Waals surface area contributed by atoms with Gasteiger partial charge in [0.2, 0.25) is 11.7 Å². The number of carbonyl (C=O) groups excluding carboxylic acids is 1. The number of carbonyl (C=O) groups is 1. The Bertz CT molecular complexity index is 817. The highest BCUT2D eigenvalue weighted by Gasteiger charge is 2.51. The van der Waals surface area contributed by atoms with Crippen molar-refractivity contribution in [1.29, 1.82) is 0 Å². The van der Waals surface area contributed by atoms with Crippen molar-refractivity contribution in [3.05, 3.63) is 30.4 Å². The van der Waals surface area contributed by atoms with Gasteiger partial charge >= 0.3 is 6.03 Å². The van der Waals surface area contributed by atoms with E-state index in [1.165, 1.54) is 0 Å². The first-order valence-corrected chi connectivity index (χ1v) is 10.4. The number of urea groups is 1. The molecule has 2 aromatic heterocycles. The average molecular weight is 399 g/mol. The Balaban J connectivity index is 1.53. The van der Waals surface area contributed by atoms with Crippen LogP contribution in [0.15, 0.2) is 29.0 Å². The quantitative estimate of drug-likeness (QED) is 0.830. The van der Waals surface area contributed by atoms with Crippen LogP contribution in [0.1, 0.15) is 44.9 Å². The minimum Gasteiger partial charge on any atom is -0.381 e. The first-order valence-electron chi connectivity index (χ1n) is 10.4. The third-order valence-electron chi connectivity index (χ3n) is 6.08. The van der Waals surface area contributed by atoms with E-state index >= 15 is 0 Å². The molecule has 0 saturated carbocycles. The van der Waals surface area contributed by atoms with Gasteiger partial charge in [-0.05, 0) is 37.3 Å². The van der Waals surface area contributed by atoms with Crippen molar-refractivity contribution in [2.45, 2.75) is 39.0 Å². The zero-order valence-electron chi connectivity index (χ0n) is 17.1. The molecule has 0 radical (unpaired) electrons. The predicted octanol–water partition coefficient (Wildman–Crippen LogP) is 3.08. The van der Waals surface area contributed by atoms with Gasteiger partial charge in [-0.25, -0.2) is 4.79 Å². The van der Waals surface area contributed by atoms with Crippen LogP contribution in [0.4, 0.5) is 4.79 Å². The van der Waals surface area contributed by atoms with Crippen LogP contribution in [0.25, 0.3) is 11.4 Å². The summed E-state index contributed by atoms with van der Waals surface area (Å²) in [5.41, 5.74) is 0.747. The molecular weight excluding hydrogens is 370 g/mol. The molecule has 1 atom stereocenters. The van der Waals surface area contributed by atoms with Crippen molar-refractivity contribution >= 4 is 6.03 Å². The molecule has 8 nitrogen and oxygen atoms in total. The maximum absolute atomic E-state index is 12.8. The zero-order valence-corrected chi connectivity index (χ0v) is 17.1. The first-order chi connectivity index (χ1) is 14.1. The predicted molar refractivity (Wildman–Crippen MR) is 107 cm³/mol. The van der Waals surface area contributed by atoms with E-state index in [-0.39, 0.29) is 17.4 Å². The molecule has 0 aliphatic carbocycles. The Morgan fingerprint density at radius 3 is 2.93 bits per heavy atom. The normalized spacial score (nSPS) is 21.1. The molecule has 0 aromatic carbocycles. The highest BCUT2D eigenvalue weighted by Crippen LogP contribution is 2.49. The van der Waals surface area contributed by atoms with Crippen LogP contribution in [0.2, 0.25) is 0 Å². The van der Waals surface area contributed by atoms with Crippen molar-refractivity contribution in [2.24, 2.45) is 11.3 Å². The molecule has 2 fully saturated rings. The van der Waals surface area contributed by atoms with Crippen LogP contribution >= 0.6 is 0 Å². The van der Waals surface area contributed by atoms with Gasteiger partial charge in [-0.15, -0.1) is 0 Å². The van der Waals surface area contributed by atoms with E-state index in [9.17, 15) is 4.79 Å². The molecule has 2 amide bonds. The summed E-state index contributed by atoms with van der Waals surface area (Å²) in [6.45, 7) is 7.68. The Labute approximate surface area is 171 Å². The molecule has 2 aliphatic rings. The second-order valence-corrected chi connectivity index (χ2v) is 8.52. The van der Waals surface area contributed by atoms with E-state index in [0.29, 0.717) is 50.5 Å². The van der Waals surface area contributed by atoms with Crippen molar-refractivity contribution < 1.29 is 14.1 Å². The second-order valence-electron chi connectivity index (χ2n) is 8.52. The standard InChI is InChI=1S/C21H29N5O3/c1-15(2)5-9-23-20(27)26-13-17(21(14-26)6-10-28-11-7-21)19-24-18(25-29-19)16-4-3-8-22-12-16/h3-4,8,12,15,17H,5-7,9-11,13-14H2,1-2H3,(H,23,27)/t17-/m0/s1. The van der Waals surface area contributed by atoms with E-state index in [4.69, 9.17) is 9.26 Å². The Morgan fingerprint density at radius 1 is 1.38 bits per heavy atom. The summed E-state index contributed by atoms with van der Waals surface area (Å²) < 4.78 is 11.3. The Hall–Kier alpha value is -2.48. The van der Waals surface area contributed by atoms with E-state index < -0.39 is 0 Å². The number of hydrogen-bond acceptors (Lipinski definition) is 6. The molecule has 8 heteroatoms. The Kier molecular flexibility index (Phi) is 5.80. The third-order valence-corrected chi connectivity index (χ3v) is 6.08. The minimum atomic E-state index is -0.0770. The molecule has 156 valence electrons. The van der Waals surface area contributed by atoms with Crippen molar-refractivity contribution in [3.8, 4) is 11.4 Å². The molecule has 2 aromatic rings. The highest BCUT2D eigenvalue weighted by molar-refractivity contribution is 5.74. The van der Waals surface area contributed by atoms with Gasteiger partial charge in [-0.2, -0.15) is 4.98 Å². The molecule has 4 heterocycles. The van der Waals surface area contributed by atoms with Gasteiger partial charge in [0.05, 0.1) is 5.92 Å². The maximum atomic E-state index is 12.8. The lowest BCUT2D eigenvalue weighted by molar-refractivity contribution is 0.00943. The summed E-state index contributed by atoms with van der Waals surface area (Å²) in [4.78, 5) is 23.5. The van der Waals surface area contributed by atoms with E-state index in [2.05, 4.69) is 34.3 Å². The molecule has 1 spiro atoms. The van der Waals surface area contributed by atoms with Crippen molar-refractivity contribution in [3.63, 3.8) is 0 Å². The van der Waals surface area contributed by atoms with E-state index in [1.807, 2.05) is 17.0 Å². The van der Waals surface area contributed by atoms with Gasteiger partial charge in [0.1, 0.15) is 0 Å². The lowest BCUT2D eigenvalue weighted by atomic mass is 9.72. The maximum Gasteiger partial charge on any atom is 0.317 e. The minimum absolute atomic E-state index is 0.00832. The number of nitrogens with one attached hydrogen (secondary N) is 1. The smallest absolute Gasteiger partial charge is 0.317 e. The third kappa shape index (κ3) is 4.27. The van der Waals surface area contributed by atoms with E-state index in [1.54, 1.807) is 12.4 Å². The van der Waals surface area contributed by atoms with Crippen LogP contribution in [0.3, 0.4) is 0 Å². The SMILES string of the molecule is CC(C)CCNC(=O)N1C[C@@H](c2nc(-c3cccnc3)no2)C2(CCOCC2)C1. The summed E-state index contributed by atoms with van der Waals surface area (Å²) in [5, 5.41) is 7.23. The Morgan fingerprint density at radius 2 is 2.21 bits per heavy atom. The van der Waals surface area contributed by atoms with Crippen molar-refractivity contribution in [2.75, 3.05) is 32.8 Å². The number of rotatable bonds is 5. The molecule has 29 heavy (non-hydrogen) atoms. The molecule has 1 N–H and O–H groups in total. The molecule has 2 aliphatic heterocycles. The molecule has 0 unspecified atom stereocenters. The van der Waals surface area contributed by atoms with Crippen LogP contribution in [-0.4, -0.2) is 58.9 Å². The van der Waals surface area contributed by atoms with Crippen LogP contribution in [0, 0.1) is 11.3 Å². The highest BCUT2D eigenvalue weighted by atomic mass is 16.5. The number of hydrogen-bond donors (Lipinski definition) is 1. The summed E-state index contributed by atoms with van der Waals surface area (Å²) >= 11 is 0. The fourth-order valence-corrected chi connectivity index (χ4v) is 4.32. The van der Waals surface area contributed by atoms with Gasteiger partial charge in [0, 0.05) is 56.2 Å². The first kappa shape index (κ1) is 19.8. The number of amides is 2. The second kappa shape index (κ2) is 8.49. The fourth-order valence-electron chi connectivity index (χ4n) is 4.32. The number of nitrogens with zero attached hydrogens (tertiary/aromatic N) is 4. The van der Waals surface area contributed by atoms with Crippen LogP contribution in [0.5, 0.6) is 0 Å². The van der Waals surface area contributed by atoms with Gasteiger partial charge in [-0.1, -0.05) is 19.0 Å². The monoisotopic (exact) mass is 399 g/mol. The summed E-state index contributed by atoms with van der Waals surface area (Å²) in [6.07, 6.45) is 6.19. The van der Waals surface area contributed by atoms with Crippen LogP contribution in [-0.2, 0) is 4.74 Å². The zero-order chi connectivity index (χ0) is 20.3. The fraction of sp³-hybridized carbons (Fsp3) is 0.619. The molecular formula is C21H29N5O3. The number of likely N-dealkylation sites (tertiary alicyclic amines) is 1. The number of aromatic nitrogens is 3. The summed E-state index contributed by atoms with van der Waals surface area (Å²) in [7, 11) is 0. The van der Waals surface area contributed by atoms with Gasteiger partial charge < -0.3 is 19.5 Å². The summed E-state index contributed by atoms with van der Waals surface area (Å²) in [5.74, 6) is 1.71. The molecule has 4 rings (SSSR count). The molecule has 0 bridgehead atoms. The topological polar surface area (TPSA) is 93.4 Å². The average Bonchev–Trinajstić information content (AvgIpc) is 3.34. The van der Waals surface area contributed by atoms with Gasteiger partial charge in [-0.3, -0.25) is 4.98 Å². The van der Waals surface area contributed by atoms with Gasteiger partial charge in [0.15, 0.2) is 0 Å². The lowest BCUT2D eigenvalue weighted by Gasteiger charge is -2.36. The lowest BCUT2D eigenvalue weighted by Crippen LogP contribution is -2.41. The largest absolute Gasteiger partial charge is 0.381 e. The van der Waals surface area contributed by atoms with Crippen molar-refractivity contribution in [1.82, 2.24) is 25.3 Å².